The third kappa shape index (κ3) is 7.67. The Kier molecular flexibility index (Phi) is 11.2. The van der Waals surface area contributed by atoms with Crippen LogP contribution in [0, 0.1) is 0 Å². The molecular weight excluding hydrogens is 870 g/mol. The van der Waals surface area contributed by atoms with Crippen LogP contribution in [0.2, 0.25) is 0 Å². The van der Waals surface area contributed by atoms with Crippen molar-refractivity contribution >= 4 is 68.6 Å². The molecule has 2 unspecified atom stereocenters. The van der Waals surface area contributed by atoms with Gasteiger partial charge in [-0.15, -0.1) is 0 Å². The van der Waals surface area contributed by atoms with Crippen molar-refractivity contribution in [2.75, 3.05) is 14.7 Å². The Bertz CT molecular complexity index is 3230. The van der Waals surface area contributed by atoms with Crippen molar-refractivity contribution in [3.8, 4) is 11.1 Å². The van der Waals surface area contributed by atoms with Crippen LogP contribution in [0.5, 0.6) is 0 Å². The van der Waals surface area contributed by atoms with Gasteiger partial charge in [-0.2, -0.15) is 0 Å². The molecule has 2 atom stereocenters. The number of hydrogen-bond acceptors (Lipinski definition) is 3. The topological polar surface area (TPSA) is 9.72 Å². The molecule has 4 heteroatoms. The third-order valence-corrected chi connectivity index (χ3v) is 17.7. The molecule has 1 saturated carbocycles. The summed E-state index contributed by atoms with van der Waals surface area (Å²) in [6.45, 7) is 33.4. The molecule has 0 N–H and O–H groups in total. The minimum atomic E-state index is -0.148. The van der Waals surface area contributed by atoms with Gasteiger partial charge in [0.1, 0.15) is 0 Å². The Hall–Kier alpha value is -6.00. The maximum Gasteiger partial charge on any atom is 0.252 e. The van der Waals surface area contributed by atoms with Crippen LogP contribution in [0.15, 0.2) is 146 Å². The van der Waals surface area contributed by atoms with Gasteiger partial charge in [-0.25, -0.2) is 0 Å². The van der Waals surface area contributed by atoms with Crippen LogP contribution < -0.4 is 31.1 Å². The second-order valence-electron chi connectivity index (χ2n) is 26.6. The molecule has 368 valence electrons. The summed E-state index contributed by atoms with van der Waals surface area (Å²) in [6.07, 6.45) is 7.39. The number of benzene rings is 7. The van der Waals surface area contributed by atoms with Gasteiger partial charge in [0.15, 0.2) is 0 Å². The first-order valence-corrected chi connectivity index (χ1v) is 27.3. The number of rotatable bonds is 4. The quantitative estimate of drug-likeness (QED) is 0.163. The van der Waals surface area contributed by atoms with Crippen LogP contribution in [0.25, 0.3) is 11.1 Å². The summed E-state index contributed by atoms with van der Waals surface area (Å²) >= 11 is 0. The van der Waals surface area contributed by atoms with E-state index < -0.39 is 0 Å². The molecule has 11 rings (SSSR count). The minimum absolute atomic E-state index is 0.00569. The van der Waals surface area contributed by atoms with Crippen molar-refractivity contribution in [3.63, 3.8) is 0 Å². The van der Waals surface area contributed by atoms with Gasteiger partial charge in [-0.3, -0.25) is 0 Å². The number of nitrogens with zero attached hydrogens (tertiary/aromatic N) is 3. The van der Waals surface area contributed by atoms with Gasteiger partial charge in [0.05, 0.1) is 11.2 Å². The highest BCUT2D eigenvalue weighted by atomic mass is 15.3. The lowest BCUT2D eigenvalue weighted by Gasteiger charge is -2.50. The van der Waals surface area contributed by atoms with Crippen LogP contribution in [-0.4, -0.2) is 12.3 Å². The van der Waals surface area contributed by atoms with Gasteiger partial charge >= 0.3 is 0 Å². The van der Waals surface area contributed by atoms with E-state index in [9.17, 15) is 0 Å². The smallest absolute Gasteiger partial charge is 0.252 e. The fourth-order valence-electron chi connectivity index (χ4n) is 13.2. The van der Waals surface area contributed by atoms with Crippen LogP contribution in [0.4, 0.5) is 45.5 Å². The van der Waals surface area contributed by atoms with Gasteiger partial charge in [-0.1, -0.05) is 207 Å². The average Bonchev–Trinajstić information content (AvgIpc) is 3.51. The van der Waals surface area contributed by atoms with Gasteiger partial charge in [0.2, 0.25) is 0 Å². The van der Waals surface area contributed by atoms with E-state index in [2.05, 4.69) is 257 Å². The number of anilines is 8. The summed E-state index contributed by atoms with van der Waals surface area (Å²) in [7, 11) is 0. The minimum Gasteiger partial charge on any atom is -0.334 e. The number of para-hydroxylation sites is 1. The zero-order valence-corrected chi connectivity index (χ0v) is 46.0. The molecule has 1 aliphatic carbocycles. The Morgan fingerprint density at radius 3 is 1.60 bits per heavy atom. The van der Waals surface area contributed by atoms with Crippen LogP contribution in [0.3, 0.4) is 0 Å². The first-order chi connectivity index (χ1) is 34.0. The Morgan fingerprint density at radius 2 is 0.944 bits per heavy atom. The molecule has 0 spiro atoms. The lowest BCUT2D eigenvalue weighted by Crippen LogP contribution is -2.61. The van der Waals surface area contributed by atoms with E-state index in [1.54, 1.807) is 0 Å². The standard InChI is InChI=1S/C68H78BN3/c1-63(2,3)46-28-33-50(34-29-46)70-58-37-32-48(65(7,8)9)41-55(58)69-54-35-30-49(66(10,11)12)42-59(54)71(56-36-31-47(64(4,5)6)40-52(56)45-24-18-17-19-25-45)61-44-51(43-60(70)62(61)69)72-57-27-21-20-26-53(57)67(13)38-22-15-16-23-39-68(67,72)14/h17-21,24-37,40-44H,15-16,22-23,38-39H2,1-14H3. The highest BCUT2D eigenvalue weighted by Gasteiger charge is 2.57. The van der Waals surface area contributed by atoms with E-state index in [0.29, 0.717) is 0 Å². The summed E-state index contributed by atoms with van der Waals surface area (Å²) in [5.74, 6) is 0. The van der Waals surface area contributed by atoms with Gasteiger partial charge in [-0.05, 0) is 146 Å². The van der Waals surface area contributed by atoms with Crippen molar-refractivity contribution in [1.82, 2.24) is 0 Å². The second kappa shape index (κ2) is 16.8. The van der Waals surface area contributed by atoms with Crippen LogP contribution in [0.1, 0.15) is 163 Å². The van der Waals surface area contributed by atoms with Crippen LogP contribution >= 0.6 is 0 Å². The molecular formula is C68H78BN3. The number of hydrogen-bond donors (Lipinski definition) is 0. The highest BCUT2D eigenvalue weighted by Crippen LogP contribution is 2.61. The molecule has 7 aromatic rings. The molecule has 0 radical (unpaired) electrons. The zero-order valence-electron chi connectivity index (χ0n) is 46.0. The van der Waals surface area contributed by atoms with E-state index in [1.165, 1.54) is 133 Å². The molecule has 3 nitrogen and oxygen atoms in total. The second-order valence-corrected chi connectivity index (χ2v) is 26.6. The van der Waals surface area contributed by atoms with E-state index in [-0.39, 0.29) is 39.3 Å². The maximum atomic E-state index is 2.83. The summed E-state index contributed by atoms with van der Waals surface area (Å²) in [6, 6.07) is 57.7. The average molecular weight is 948 g/mol. The van der Waals surface area contributed by atoms with Crippen molar-refractivity contribution in [2.24, 2.45) is 0 Å². The first kappa shape index (κ1) is 48.3. The summed E-state index contributed by atoms with van der Waals surface area (Å²) < 4.78 is 0. The zero-order chi connectivity index (χ0) is 50.9. The lowest BCUT2D eigenvalue weighted by molar-refractivity contribution is 0.218. The molecule has 72 heavy (non-hydrogen) atoms. The van der Waals surface area contributed by atoms with E-state index >= 15 is 0 Å². The lowest BCUT2D eigenvalue weighted by atomic mass is 9.33. The molecule has 4 aliphatic rings. The third-order valence-electron chi connectivity index (χ3n) is 17.7. The monoisotopic (exact) mass is 948 g/mol. The summed E-state index contributed by atoms with van der Waals surface area (Å²) in [4.78, 5) is 8.18. The molecule has 0 bridgehead atoms. The Balaban J connectivity index is 1.30. The Morgan fingerprint density at radius 1 is 0.403 bits per heavy atom. The summed E-state index contributed by atoms with van der Waals surface area (Å²) in [5.41, 5.74) is 23.2. The van der Waals surface area contributed by atoms with Crippen molar-refractivity contribution in [1.29, 1.82) is 0 Å². The molecule has 3 aliphatic heterocycles. The van der Waals surface area contributed by atoms with Crippen molar-refractivity contribution in [2.45, 2.75) is 168 Å². The first-order valence-electron chi connectivity index (χ1n) is 27.3. The molecule has 7 aromatic carbocycles. The number of fused-ring (bicyclic) bond motifs is 7. The van der Waals surface area contributed by atoms with Gasteiger partial charge < -0.3 is 14.7 Å². The molecule has 0 amide bonds. The summed E-state index contributed by atoms with van der Waals surface area (Å²) in [5, 5.41) is 0. The molecule has 0 aromatic heterocycles. The normalized spacial score (nSPS) is 19.8. The molecule has 1 fully saturated rings. The van der Waals surface area contributed by atoms with Crippen LogP contribution in [-0.2, 0) is 27.1 Å². The van der Waals surface area contributed by atoms with Gasteiger partial charge in [0.25, 0.3) is 6.71 Å². The predicted octanol–water partition coefficient (Wildman–Crippen LogP) is 17.1. The molecule has 3 heterocycles. The highest BCUT2D eigenvalue weighted by molar-refractivity contribution is 7.00. The predicted molar refractivity (Wildman–Crippen MR) is 313 cm³/mol. The maximum absolute atomic E-state index is 2.83. The van der Waals surface area contributed by atoms with Crippen molar-refractivity contribution < 1.29 is 0 Å². The molecule has 0 saturated heterocycles. The van der Waals surface area contributed by atoms with E-state index in [0.717, 1.165) is 6.42 Å². The largest absolute Gasteiger partial charge is 0.334 e. The van der Waals surface area contributed by atoms with E-state index in [4.69, 9.17) is 0 Å². The fraction of sp³-hybridized carbons (Fsp3) is 0.382. The fourth-order valence-corrected chi connectivity index (χ4v) is 13.2. The van der Waals surface area contributed by atoms with E-state index in [1.807, 2.05) is 0 Å². The van der Waals surface area contributed by atoms with Gasteiger partial charge in [0, 0.05) is 50.8 Å². The Labute approximate surface area is 433 Å². The SMILES string of the molecule is CC(C)(C)c1ccc(N2c3ccc(C(C)(C)C)cc3B3c4ccc(C(C)(C)C)cc4N(c4ccc(C(C)(C)C)cc4-c4ccccc4)c4cc(N5c6ccccc6C6(C)CCCCCCC56C)cc2c43)cc1. The van der Waals surface area contributed by atoms with Crippen molar-refractivity contribution in [3.05, 3.63) is 173 Å².